The molecular formula is C28H38FN5O6. The van der Waals surface area contributed by atoms with Crippen molar-refractivity contribution in [3.63, 3.8) is 0 Å². The molecule has 3 rings (SSSR count). The highest BCUT2D eigenvalue weighted by Gasteiger charge is 2.33. The van der Waals surface area contributed by atoms with E-state index in [0.717, 1.165) is 5.56 Å². The van der Waals surface area contributed by atoms with Gasteiger partial charge in [0.2, 0.25) is 5.91 Å². The quantitative estimate of drug-likeness (QED) is 0.251. The van der Waals surface area contributed by atoms with Crippen LogP contribution in [0.5, 0.6) is 0 Å². The van der Waals surface area contributed by atoms with Gasteiger partial charge in [-0.05, 0) is 51.5 Å². The zero-order valence-corrected chi connectivity index (χ0v) is 23.4. The third-order valence-electron chi connectivity index (χ3n) is 5.68. The number of hydrogen-bond acceptors (Lipinski definition) is 8. The third-order valence-corrected chi connectivity index (χ3v) is 5.68. The molecule has 3 N–H and O–H groups in total. The Kier molecular flexibility index (Phi) is 11.1. The van der Waals surface area contributed by atoms with E-state index in [0.29, 0.717) is 31.9 Å². The number of carbonyl (C=O) groups excluding carboxylic acids is 3. The fourth-order valence-corrected chi connectivity index (χ4v) is 3.78. The van der Waals surface area contributed by atoms with E-state index in [1.807, 2.05) is 37.3 Å². The summed E-state index contributed by atoms with van der Waals surface area (Å²) in [5, 5.41) is 7.01. The molecule has 1 aliphatic heterocycles. The van der Waals surface area contributed by atoms with E-state index >= 15 is 0 Å². The Morgan fingerprint density at radius 2 is 1.90 bits per heavy atom. The van der Waals surface area contributed by atoms with Gasteiger partial charge in [-0.3, -0.25) is 9.69 Å². The SMILES string of the molecule is CCN(NCCNc1ccc(N2C[C@H](CNC(=O)COCc3ccccc3)OC2=O)cc1F)C(=O)OC(C)(C)C. The smallest absolute Gasteiger partial charge is 0.424 e. The number of ether oxygens (including phenoxy) is 3. The van der Waals surface area contributed by atoms with E-state index in [2.05, 4.69) is 16.1 Å². The van der Waals surface area contributed by atoms with Crippen LogP contribution in [0, 0.1) is 5.82 Å². The summed E-state index contributed by atoms with van der Waals surface area (Å²) < 4.78 is 30.8. The van der Waals surface area contributed by atoms with E-state index in [9.17, 15) is 18.8 Å². The average molecular weight is 560 g/mol. The molecule has 0 saturated carbocycles. The van der Waals surface area contributed by atoms with Crippen LogP contribution in [0.1, 0.15) is 33.3 Å². The van der Waals surface area contributed by atoms with Gasteiger partial charge in [0.1, 0.15) is 24.1 Å². The van der Waals surface area contributed by atoms with Crippen LogP contribution in [0.2, 0.25) is 0 Å². The van der Waals surface area contributed by atoms with Crippen molar-refractivity contribution in [2.75, 3.05) is 49.5 Å². The summed E-state index contributed by atoms with van der Waals surface area (Å²) in [6.45, 7) is 8.73. The Balaban J connectivity index is 1.40. The number of carbonyl (C=O) groups is 3. The number of anilines is 2. The maximum absolute atomic E-state index is 14.8. The van der Waals surface area contributed by atoms with Gasteiger partial charge in [0.15, 0.2) is 0 Å². The molecule has 1 fully saturated rings. The van der Waals surface area contributed by atoms with Crippen LogP contribution in [0.3, 0.4) is 0 Å². The van der Waals surface area contributed by atoms with Crippen LogP contribution in [-0.4, -0.2) is 74.1 Å². The molecule has 1 atom stereocenters. The number of hydrazine groups is 1. The minimum atomic E-state index is -0.620. The molecule has 0 unspecified atom stereocenters. The Bertz CT molecular complexity index is 1140. The lowest BCUT2D eigenvalue weighted by molar-refractivity contribution is -0.126. The number of benzene rings is 2. The summed E-state index contributed by atoms with van der Waals surface area (Å²) >= 11 is 0. The van der Waals surface area contributed by atoms with Crippen molar-refractivity contribution in [2.45, 2.75) is 46.0 Å². The number of amides is 3. The maximum atomic E-state index is 14.8. The fraction of sp³-hybridized carbons (Fsp3) is 0.464. The van der Waals surface area contributed by atoms with Crippen molar-refractivity contribution in [1.82, 2.24) is 15.8 Å². The Labute approximate surface area is 233 Å². The predicted molar refractivity (Wildman–Crippen MR) is 148 cm³/mol. The molecular weight excluding hydrogens is 521 g/mol. The zero-order chi connectivity index (χ0) is 29.1. The van der Waals surface area contributed by atoms with Crippen LogP contribution in [0.15, 0.2) is 48.5 Å². The predicted octanol–water partition coefficient (Wildman–Crippen LogP) is 3.66. The number of nitrogens with zero attached hydrogens (tertiary/aromatic N) is 2. The highest BCUT2D eigenvalue weighted by atomic mass is 19.1. The summed E-state index contributed by atoms with van der Waals surface area (Å²) in [4.78, 5) is 38.0. The van der Waals surface area contributed by atoms with E-state index in [4.69, 9.17) is 14.2 Å². The normalized spacial score (nSPS) is 15.0. The summed E-state index contributed by atoms with van der Waals surface area (Å²) in [6.07, 6.45) is -1.69. The molecule has 0 spiro atoms. The number of halogens is 1. The van der Waals surface area contributed by atoms with Gasteiger partial charge in [-0.1, -0.05) is 30.3 Å². The minimum Gasteiger partial charge on any atom is -0.443 e. The van der Waals surface area contributed by atoms with Crippen LogP contribution in [0.4, 0.5) is 25.4 Å². The Hall–Kier alpha value is -3.90. The van der Waals surface area contributed by atoms with Gasteiger partial charge in [-0.25, -0.2) is 24.4 Å². The summed E-state index contributed by atoms with van der Waals surface area (Å²) in [5.74, 6) is -0.869. The van der Waals surface area contributed by atoms with E-state index in [1.54, 1.807) is 26.8 Å². The lowest BCUT2D eigenvalue weighted by Gasteiger charge is -2.27. The largest absolute Gasteiger partial charge is 0.443 e. The molecule has 0 aromatic heterocycles. The van der Waals surface area contributed by atoms with E-state index < -0.39 is 29.7 Å². The molecule has 2 aromatic carbocycles. The second-order valence-corrected chi connectivity index (χ2v) is 10.1. The van der Waals surface area contributed by atoms with Crippen LogP contribution < -0.4 is 21.0 Å². The lowest BCUT2D eigenvalue weighted by atomic mass is 10.2. The molecule has 2 aromatic rings. The van der Waals surface area contributed by atoms with Crippen molar-refractivity contribution in [1.29, 1.82) is 0 Å². The zero-order valence-electron chi connectivity index (χ0n) is 23.4. The van der Waals surface area contributed by atoms with Gasteiger partial charge in [0, 0.05) is 19.6 Å². The van der Waals surface area contributed by atoms with Crippen LogP contribution in [-0.2, 0) is 25.6 Å². The van der Waals surface area contributed by atoms with Crippen molar-refractivity contribution in [2.24, 2.45) is 0 Å². The van der Waals surface area contributed by atoms with Crippen molar-refractivity contribution >= 4 is 29.5 Å². The molecule has 218 valence electrons. The molecule has 40 heavy (non-hydrogen) atoms. The maximum Gasteiger partial charge on any atom is 0.424 e. The number of hydrogen-bond donors (Lipinski definition) is 3. The Morgan fingerprint density at radius 1 is 1.15 bits per heavy atom. The van der Waals surface area contributed by atoms with Crippen LogP contribution >= 0.6 is 0 Å². The van der Waals surface area contributed by atoms with Crippen molar-refractivity contribution < 1.29 is 33.0 Å². The molecule has 0 radical (unpaired) electrons. The van der Waals surface area contributed by atoms with Gasteiger partial charge < -0.3 is 24.8 Å². The third kappa shape index (κ3) is 9.69. The fourth-order valence-electron chi connectivity index (χ4n) is 3.78. The van der Waals surface area contributed by atoms with Gasteiger partial charge in [0.25, 0.3) is 0 Å². The number of rotatable bonds is 13. The molecule has 0 bridgehead atoms. The summed E-state index contributed by atoms with van der Waals surface area (Å²) in [6, 6.07) is 13.9. The second-order valence-electron chi connectivity index (χ2n) is 10.1. The lowest BCUT2D eigenvalue weighted by Crippen LogP contribution is -2.46. The molecule has 1 saturated heterocycles. The molecule has 1 aliphatic rings. The first-order chi connectivity index (χ1) is 19.1. The van der Waals surface area contributed by atoms with Crippen molar-refractivity contribution in [3.8, 4) is 0 Å². The average Bonchev–Trinajstić information content (AvgIpc) is 3.28. The molecule has 3 amide bonds. The van der Waals surface area contributed by atoms with Crippen LogP contribution in [0.25, 0.3) is 0 Å². The van der Waals surface area contributed by atoms with Gasteiger partial charge in [-0.2, -0.15) is 0 Å². The van der Waals surface area contributed by atoms with Gasteiger partial charge in [0.05, 0.1) is 31.1 Å². The van der Waals surface area contributed by atoms with E-state index in [-0.39, 0.29) is 31.3 Å². The molecule has 11 nitrogen and oxygen atoms in total. The van der Waals surface area contributed by atoms with E-state index in [1.165, 1.54) is 22.0 Å². The standard InChI is InChI=1S/C28H38FN5O6/c1-5-34(27(37)40-28(2,3)4)32-14-13-30-24-12-11-21(15-23(24)29)33-17-22(39-26(33)36)16-31-25(35)19-38-18-20-9-7-6-8-10-20/h6-12,15,22,30,32H,5,13-14,16-19H2,1-4H3,(H,31,35)/t22-/m0/s1. The topological polar surface area (TPSA) is 121 Å². The first kappa shape index (κ1) is 30.6. The second kappa shape index (κ2) is 14.5. The highest BCUT2D eigenvalue weighted by molar-refractivity contribution is 5.90. The number of nitrogens with one attached hydrogen (secondary N) is 3. The van der Waals surface area contributed by atoms with Crippen molar-refractivity contribution in [3.05, 3.63) is 59.9 Å². The number of cyclic esters (lactones) is 1. The molecule has 1 heterocycles. The summed E-state index contributed by atoms with van der Waals surface area (Å²) in [7, 11) is 0. The minimum absolute atomic E-state index is 0.114. The van der Waals surface area contributed by atoms with Gasteiger partial charge >= 0.3 is 12.2 Å². The highest BCUT2D eigenvalue weighted by Crippen LogP contribution is 2.26. The molecule has 12 heteroatoms. The monoisotopic (exact) mass is 559 g/mol. The van der Waals surface area contributed by atoms with Gasteiger partial charge in [-0.15, -0.1) is 0 Å². The Morgan fingerprint density at radius 3 is 2.58 bits per heavy atom. The summed E-state index contributed by atoms with van der Waals surface area (Å²) in [5.41, 5.74) is 3.89. The first-order valence-electron chi connectivity index (χ1n) is 13.2. The molecule has 0 aliphatic carbocycles. The first-order valence-corrected chi connectivity index (χ1v) is 13.2.